The Balaban J connectivity index is 1.90. The molecule has 2 rings (SSSR count). The second-order valence-corrected chi connectivity index (χ2v) is 8.28. The van der Waals surface area contributed by atoms with Crippen molar-refractivity contribution in [2.75, 3.05) is 19.8 Å². The lowest BCUT2D eigenvalue weighted by molar-refractivity contribution is 0.0376. The minimum absolute atomic E-state index is 0.560. The molecule has 2 fully saturated rings. The normalized spacial score (nSPS) is 31.6. The smallest absolute Gasteiger partial charge is 0.0468 e. The molecule has 1 saturated carbocycles. The van der Waals surface area contributed by atoms with E-state index in [0.717, 1.165) is 31.0 Å². The molecule has 2 nitrogen and oxygen atoms in total. The summed E-state index contributed by atoms with van der Waals surface area (Å²) in [4.78, 5) is 0. The molecule has 0 aromatic heterocycles. The standard InChI is InChI=1S/C18H35NO/c1-14(2)19-13-16-5-8-18(3,4)12-17(16)11-15-6-9-20-10-7-15/h14-17,19H,5-13H2,1-4H3. The van der Waals surface area contributed by atoms with Gasteiger partial charge in [0.2, 0.25) is 0 Å². The summed E-state index contributed by atoms with van der Waals surface area (Å²) in [5.74, 6) is 2.74. The summed E-state index contributed by atoms with van der Waals surface area (Å²) < 4.78 is 5.52. The third-order valence-electron chi connectivity index (χ3n) is 5.44. The molecule has 2 heteroatoms. The zero-order valence-electron chi connectivity index (χ0n) is 14.1. The molecule has 2 aliphatic rings. The molecular weight excluding hydrogens is 246 g/mol. The highest BCUT2D eigenvalue weighted by atomic mass is 16.5. The molecule has 1 N–H and O–H groups in total. The van der Waals surface area contributed by atoms with Crippen molar-refractivity contribution in [3.63, 3.8) is 0 Å². The van der Waals surface area contributed by atoms with Crippen LogP contribution in [0.1, 0.15) is 66.2 Å². The van der Waals surface area contributed by atoms with Crippen molar-refractivity contribution in [2.45, 2.75) is 72.3 Å². The lowest BCUT2D eigenvalue weighted by atomic mass is 9.64. The van der Waals surface area contributed by atoms with Gasteiger partial charge in [-0.3, -0.25) is 0 Å². The molecule has 118 valence electrons. The van der Waals surface area contributed by atoms with Crippen molar-refractivity contribution in [2.24, 2.45) is 23.2 Å². The van der Waals surface area contributed by atoms with E-state index >= 15 is 0 Å². The molecule has 0 aromatic carbocycles. The molecular formula is C18H35NO. The zero-order valence-corrected chi connectivity index (χ0v) is 14.1. The summed E-state index contributed by atoms with van der Waals surface area (Å²) in [5, 5.41) is 3.69. The molecule has 1 aliphatic carbocycles. The third kappa shape index (κ3) is 5.04. The van der Waals surface area contributed by atoms with Gasteiger partial charge < -0.3 is 10.1 Å². The van der Waals surface area contributed by atoms with Crippen molar-refractivity contribution in [1.82, 2.24) is 5.32 Å². The van der Waals surface area contributed by atoms with Gasteiger partial charge in [-0.2, -0.15) is 0 Å². The Bertz CT molecular complexity index is 279. The number of hydrogen-bond donors (Lipinski definition) is 1. The molecule has 0 aromatic rings. The lowest BCUT2D eigenvalue weighted by Gasteiger charge is -2.43. The van der Waals surface area contributed by atoms with Crippen molar-refractivity contribution in [3.8, 4) is 0 Å². The number of rotatable bonds is 5. The Kier molecular flexibility index (Phi) is 5.92. The fourth-order valence-electron chi connectivity index (χ4n) is 4.13. The van der Waals surface area contributed by atoms with E-state index < -0.39 is 0 Å². The number of hydrogen-bond acceptors (Lipinski definition) is 2. The minimum atomic E-state index is 0.560. The van der Waals surface area contributed by atoms with Gasteiger partial charge in [0.25, 0.3) is 0 Å². The number of ether oxygens (including phenoxy) is 1. The molecule has 1 aliphatic heterocycles. The highest BCUT2D eigenvalue weighted by Crippen LogP contribution is 2.45. The fraction of sp³-hybridized carbons (Fsp3) is 1.00. The maximum absolute atomic E-state index is 5.52. The average molecular weight is 281 g/mol. The van der Waals surface area contributed by atoms with E-state index in [0.29, 0.717) is 11.5 Å². The SMILES string of the molecule is CC(C)NCC1CCC(C)(C)CC1CC1CCOCC1. The topological polar surface area (TPSA) is 21.3 Å². The van der Waals surface area contributed by atoms with Crippen LogP contribution in [0.4, 0.5) is 0 Å². The Morgan fingerprint density at radius 2 is 1.80 bits per heavy atom. The van der Waals surface area contributed by atoms with Crippen LogP contribution in [0.2, 0.25) is 0 Å². The van der Waals surface area contributed by atoms with Crippen LogP contribution in [0.3, 0.4) is 0 Å². The van der Waals surface area contributed by atoms with Gasteiger partial charge in [-0.05, 0) is 68.2 Å². The van der Waals surface area contributed by atoms with Crippen LogP contribution in [0.5, 0.6) is 0 Å². The second kappa shape index (κ2) is 7.26. The summed E-state index contributed by atoms with van der Waals surface area (Å²) in [6.45, 7) is 12.7. The Labute approximate surface area is 126 Å². The number of nitrogens with one attached hydrogen (secondary N) is 1. The molecule has 1 heterocycles. The molecule has 0 bridgehead atoms. The zero-order chi connectivity index (χ0) is 14.6. The summed E-state index contributed by atoms with van der Waals surface area (Å²) in [6.07, 6.45) is 8.27. The van der Waals surface area contributed by atoms with Crippen molar-refractivity contribution in [3.05, 3.63) is 0 Å². The van der Waals surface area contributed by atoms with Gasteiger partial charge in [0.15, 0.2) is 0 Å². The van der Waals surface area contributed by atoms with Crippen LogP contribution >= 0.6 is 0 Å². The van der Waals surface area contributed by atoms with Gasteiger partial charge in [0.1, 0.15) is 0 Å². The van der Waals surface area contributed by atoms with Crippen LogP contribution < -0.4 is 5.32 Å². The first-order valence-electron chi connectivity index (χ1n) is 8.77. The van der Waals surface area contributed by atoms with Gasteiger partial charge in [0.05, 0.1) is 0 Å². The minimum Gasteiger partial charge on any atom is -0.381 e. The molecule has 20 heavy (non-hydrogen) atoms. The van der Waals surface area contributed by atoms with Gasteiger partial charge in [0, 0.05) is 19.3 Å². The van der Waals surface area contributed by atoms with Crippen molar-refractivity contribution in [1.29, 1.82) is 0 Å². The van der Waals surface area contributed by atoms with E-state index in [-0.39, 0.29) is 0 Å². The van der Waals surface area contributed by atoms with E-state index in [4.69, 9.17) is 4.74 Å². The predicted molar refractivity (Wildman–Crippen MR) is 85.9 cm³/mol. The van der Waals surface area contributed by atoms with E-state index in [1.54, 1.807) is 0 Å². The maximum atomic E-state index is 5.52. The highest BCUT2D eigenvalue weighted by molar-refractivity contribution is 4.87. The van der Waals surface area contributed by atoms with Crippen LogP contribution in [0.15, 0.2) is 0 Å². The maximum Gasteiger partial charge on any atom is 0.0468 e. The fourth-order valence-corrected chi connectivity index (χ4v) is 4.13. The van der Waals surface area contributed by atoms with Crippen molar-refractivity contribution >= 4 is 0 Å². The van der Waals surface area contributed by atoms with Gasteiger partial charge in [-0.25, -0.2) is 0 Å². The van der Waals surface area contributed by atoms with E-state index in [1.807, 2.05) is 0 Å². The largest absolute Gasteiger partial charge is 0.381 e. The monoisotopic (exact) mass is 281 g/mol. The first-order chi connectivity index (χ1) is 9.46. The Morgan fingerprint density at radius 3 is 2.45 bits per heavy atom. The average Bonchev–Trinajstić information content (AvgIpc) is 2.38. The molecule has 2 atom stereocenters. The Hall–Kier alpha value is -0.0800. The molecule has 0 amide bonds. The second-order valence-electron chi connectivity index (χ2n) is 8.28. The van der Waals surface area contributed by atoms with Gasteiger partial charge in [-0.15, -0.1) is 0 Å². The summed E-state index contributed by atoms with van der Waals surface area (Å²) >= 11 is 0. The first-order valence-corrected chi connectivity index (χ1v) is 8.77. The van der Waals surface area contributed by atoms with Crippen molar-refractivity contribution < 1.29 is 4.74 Å². The van der Waals surface area contributed by atoms with Crippen LogP contribution in [0, 0.1) is 23.2 Å². The first kappa shape index (κ1) is 16.3. The van der Waals surface area contributed by atoms with Gasteiger partial charge >= 0.3 is 0 Å². The summed E-state index contributed by atoms with van der Waals surface area (Å²) in [5.41, 5.74) is 0.560. The van der Waals surface area contributed by atoms with Crippen LogP contribution in [-0.2, 0) is 4.74 Å². The molecule has 0 radical (unpaired) electrons. The molecule has 1 saturated heterocycles. The lowest BCUT2D eigenvalue weighted by Crippen LogP contribution is -2.39. The van der Waals surface area contributed by atoms with Gasteiger partial charge in [-0.1, -0.05) is 27.7 Å². The third-order valence-corrected chi connectivity index (χ3v) is 5.44. The highest BCUT2D eigenvalue weighted by Gasteiger charge is 2.35. The van der Waals surface area contributed by atoms with Crippen LogP contribution in [0.25, 0.3) is 0 Å². The summed E-state index contributed by atoms with van der Waals surface area (Å²) in [7, 11) is 0. The van der Waals surface area contributed by atoms with E-state index in [2.05, 4.69) is 33.0 Å². The molecule has 0 spiro atoms. The van der Waals surface area contributed by atoms with Crippen LogP contribution in [-0.4, -0.2) is 25.8 Å². The molecule has 2 unspecified atom stereocenters. The Morgan fingerprint density at radius 1 is 1.10 bits per heavy atom. The van der Waals surface area contributed by atoms with E-state index in [9.17, 15) is 0 Å². The summed E-state index contributed by atoms with van der Waals surface area (Å²) in [6, 6.07) is 0.619. The predicted octanol–water partition coefficient (Wildman–Crippen LogP) is 4.24. The van der Waals surface area contributed by atoms with E-state index in [1.165, 1.54) is 45.1 Å². The quantitative estimate of drug-likeness (QED) is 0.813.